The van der Waals surface area contributed by atoms with Crippen molar-refractivity contribution in [2.75, 3.05) is 24.3 Å². The van der Waals surface area contributed by atoms with Crippen molar-refractivity contribution in [3.8, 4) is 11.3 Å². The van der Waals surface area contributed by atoms with Gasteiger partial charge in [0.15, 0.2) is 0 Å². The molecule has 0 saturated heterocycles. The van der Waals surface area contributed by atoms with Crippen LogP contribution in [-0.2, 0) is 5.41 Å². The molecule has 0 aliphatic heterocycles. The molecule has 150 valence electrons. The predicted octanol–water partition coefficient (Wildman–Crippen LogP) is 3.45. The summed E-state index contributed by atoms with van der Waals surface area (Å²) in [6, 6.07) is 10.8. The molecule has 1 amide bonds. The number of benzene rings is 1. The minimum Gasteiger partial charge on any atom is -0.347 e. The first-order valence-electron chi connectivity index (χ1n) is 9.30. The lowest BCUT2D eigenvalue weighted by Crippen LogP contribution is -2.20. The molecule has 0 saturated carbocycles. The molecule has 2 heterocycles. The molecule has 7 heteroatoms. The Kier molecular flexibility index (Phi) is 5.50. The zero-order chi connectivity index (χ0) is 21.2. The Bertz CT molecular complexity index is 1080. The second-order valence-corrected chi connectivity index (χ2v) is 8.05. The van der Waals surface area contributed by atoms with E-state index in [1.807, 2.05) is 26.2 Å². The maximum absolute atomic E-state index is 12.6. The number of amides is 1. The van der Waals surface area contributed by atoms with E-state index in [2.05, 4.69) is 41.0 Å². The van der Waals surface area contributed by atoms with Crippen LogP contribution in [0.4, 0.5) is 11.6 Å². The maximum atomic E-state index is 12.6. The number of hydrogen-bond donors (Lipinski definition) is 2. The van der Waals surface area contributed by atoms with Crippen molar-refractivity contribution in [1.29, 1.82) is 0 Å². The molecule has 0 aliphatic carbocycles. The van der Waals surface area contributed by atoms with Gasteiger partial charge in [-0.1, -0.05) is 32.9 Å². The summed E-state index contributed by atoms with van der Waals surface area (Å²) in [5.41, 5.74) is 2.73. The largest absolute Gasteiger partial charge is 0.347 e. The second-order valence-electron chi connectivity index (χ2n) is 8.05. The average Bonchev–Trinajstić information content (AvgIpc) is 2.69. The number of aromatic amines is 1. The van der Waals surface area contributed by atoms with E-state index in [0.717, 1.165) is 5.56 Å². The van der Waals surface area contributed by atoms with Gasteiger partial charge in [0.1, 0.15) is 5.69 Å². The molecule has 3 rings (SSSR count). The number of pyridine rings is 1. The van der Waals surface area contributed by atoms with E-state index in [1.165, 1.54) is 0 Å². The van der Waals surface area contributed by atoms with Gasteiger partial charge >= 0.3 is 0 Å². The lowest BCUT2D eigenvalue weighted by molar-refractivity contribution is 0.102. The van der Waals surface area contributed by atoms with Crippen LogP contribution >= 0.6 is 0 Å². The van der Waals surface area contributed by atoms with Gasteiger partial charge < -0.3 is 15.2 Å². The van der Waals surface area contributed by atoms with E-state index >= 15 is 0 Å². The van der Waals surface area contributed by atoms with Crippen molar-refractivity contribution in [2.24, 2.45) is 0 Å². The third kappa shape index (κ3) is 4.68. The third-order valence-corrected chi connectivity index (χ3v) is 4.50. The SMILES string of the molecule is CN(C)c1nccc(-c2c[nH]c(=O)c(NC(=O)c3ccc(C(C)(C)C)cc3)c2)n1. The number of aromatic nitrogens is 3. The fourth-order valence-electron chi connectivity index (χ4n) is 2.77. The minimum atomic E-state index is -0.379. The molecular formula is C22H25N5O2. The first-order valence-corrected chi connectivity index (χ1v) is 9.30. The normalized spacial score (nSPS) is 11.2. The lowest BCUT2D eigenvalue weighted by atomic mass is 9.87. The number of rotatable bonds is 4. The van der Waals surface area contributed by atoms with Crippen molar-refractivity contribution >= 4 is 17.5 Å². The number of anilines is 2. The van der Waals surface area contributed by atoms with E-state index in [9.17, 15) is 9.59 Å². The van der Waals surface area contributed by atoms with E-state index in [4.69, 9.17) is 0 Å². The lowest BCUT2D eigenvalue weighted by Gasteiger charge is -2.19. The Morgan fingerprint density at radius 2 is 1.79 bits per heavy atom. The highest BCUT2D eigenvalue weighted by Crippen LogP contribution is 2.23. The molecule has 0 radical (unpaired) electrons. The monoisotopic (exact) mass is 391 g/mol. The number of carbonyl (C=O) groups excluding carboxylic acids is 1. The van der Waals surface area contributed by atoms with Crippen LogP contribution < -0.4 is 15.8 Å². The highest BCUT2D eigenvalue weighted by atomic mass is 16.2. The summed E-state index contributed by atoms with van der Waals surface area (Å²) in [7, 11) is 3.70. The molecule has 7 nitrogen and oxygen atoms in total. The summed E-state index contributed by atoms with van der Waals surface area (Å²) in [5.74, 6) is 0.211. The van der Waals surface area contributed by atoms with Crippen LogP contribution in [0.25, 0.3) is 11.3 Å². The highest BCUT2D eigenvalue weighted by molar-refractivity contribution is 6.04. The van der Waals surface area contributed by atoms with Crippen LogP contribution in [0, 0.1) is 0 Å². The van der Waals surface area contributed by atoms with Crippen molar-refractivity contribution in [2.45, 2.75) is 26.2 Å². The highest BCUT2D eigenvalue weighted by Gasteiger charge is 2.15. The maximum Gasteiger partial charge on any atom is 0.271 e. The average molecular weight is 391 g/mol. The second kappa shape index (κ2) is 7.87. The quantitative estimate of drug-likeness (QED) is 0.711. The van der Waals surface area contributed by atoms with Crippen LogP contribution in [0.3, 0.4) is 0 Å². The van der Waals surface area contributed by atoms with Crippen LogP contribution in [0.15, 0.2) is 53.6 Å². The topological polar surface area (TPSA) is 91.0 Å². The van der Waals surface area contributed by atoms with Gasteiger partial charge in [0.05, 0.1) is 5.69 Å². The van der Waals surface area contributed by atoms with Crippen LogP contribution in [0.1, 0.15) is 36.7 Å². The Morgan fingerprint density at radius 3 is 2.41 bits per heavy atom. The molecule has 2 aromatic heterocycles. The van der Waals surface area contributed by atoms with Crippen molar-refractivity contribution in [1.82, 2.24) is 15.0 Å². The first-order chi connectivity index (χ1) is 13.6. The molecule has 0 fully saturated rings. The Balaban J connectivity index is 1.86. The number of H-pyrrole nitrogens is 1. The van der Waals surface area contributed by atoms with E-state index in [-0.39, 0.29) is 22.6 Å². The molecule has 0 spiro atoms. The number of nitrogens with zero attached hydrogens (tertiary/aromatic N) is 3. The van der Waals surface area contributed by atoms with Crippen LogP contribution in [0.5, 0.6) is 0 Å². The Hall–Kier alpha value is -3.48. The van der Waals surface area contributed by atoms with Crippen LogP contribution in [0.2, 0.25) is 0 Å². The summed E-state index contributed by atoms with van der Waals surface area (Å²) < 4.78 is 0. The van der Waals surface area contributed by atoms with Gasteiger partial charge in [-0.2, -0.15) is 0 Å². The standard InChI is InChI=1S/C22H25N5O2/c1-22(2,3)16-8-6-14(7-9-16)19(28)25-18-12-15(13-24-20(18)29)17-10-11-23-21(26-17)27(4)5/h6-13H,1-5H3,(H,24,29)(H,25,28). The summed E-state index contributed by atoms with van der Waals surface area (Å²) in [6.45, 7) is 6.34. The zero-order valence-electron chi connectivity index (χ0n) is 17.3. The zero-order valence-corrected chi connectivity index (χ0v) is 17.3. The first kappa shape index (κ1) is 20.3. The van der Waals surface area contributed by atoms with E-state index < -0.39 is 0 Å². The Morgan fingerprint density at radius 1 is 1.10 bits per heavy atom. The van der Waals surface area contributed by atoms with E-state index in [0.29, 0.717) is 22.8 Å². The van der Waals surface area contributed by atoms with Gasteiger partial charge in [0.2, 0.25) is 5.95 Å². The van der Waals surface area contributed by atoms with Crippen molar-refractivity contribution < 1.29 is 4.79 Å². The summed E-state index contributed by atoms with van der Waals surface area (Å²) in [6.07, 6.45) is 3.22. The molecule has 2 N–H and O–H groups in total. The number of nitrogens with one attached hydrogen (secondary N) is 2. The fourth-order valence-corrected chi connectivity index (χ4v) is 2.77. The molecular weight excluding hydrogens is 366 g/mol. The molecule has 0 bridgehead atoms. The fraction of sp³-hybridized carbons (Fsp3) is 0.273. The summed E-state index contributed by atoms with van der Waals surface area (Å²) in [4.78, 5) is 37.9. The van der Waals surface area contributed by atoms with Gasteiger partial charge in [-0.05, 0) is 35.2 Å². The molecule has 3 aromatic rings. The third-order valence-electron chi connectivity index (χ3n) is 4.50. The van der Waals surface area contributed by atoms with Crippen LogP contribution in [-0.4, -0.2) is 35.0 Å². The van der Waals surface area contributed by atoms with Crippen molar-refractivity contribution in [3.05, 3.63) is 70.3 Å². The van der Waals surface area contributed by atoms with Gasteiger partial charge in [0.25, 0.3) is 11.5 Å². The summed E-state index contributed by atoms with van der Waals surface area (Å²) in [5, 5.41) is 2.70. The van der Waals surface area contributed by atoms with Crippen molar-refractivity contribution in [3.63, 3.8) is 0 Å². The molecule has 0 atom stereocenters. The molecule has 0 unspecified atom stereocenters. The van der Waals surface area contributed by atoms with Gasteiger partial charge in [0, 0.05) is 37.6 Å². The van der Waals surface area contributed by atoms with Gasteiger partial charge in [-0.25, -0.2) is 9.97 Å². The summed E-state index contributed by atoms with van der Waals surface area (Å²) >= 11 is 0. The van der Waals surface area contributed by atoms with Gasteiger partial charge in [-0.3, -0.25) is 9.59 Å². The molecule has 0 aliphatic rings. The molecule has 29 heavy (non-hydrogen) atoms. The smallest absolute Gasteiger partial charge is 0.271 e. The van der Waals surface area contributed by atoms with Gasteiger partial charge in [-0.15, -0.1) is 0 Å². The minimum absolute atomic E-state index is 0.00341. The molecule has 1 aromatic carbocycles. The Labute approximate surface area is 169 Å². The number of carbonyl (C=O) groups is 1. The van der Waals surface area contributed by atoms with E-state index in [1.54, 1.807) is 41.6 Å². The predicted molar refractivity (Wildman–Crippen MR) is 116 cm³/mol. The number of hydrogen-bond acceptors (Lipinski definition) is 5.